The van der Waals surface area contributed by atoms with E-state index >= 15 is 0 Å². The Kier molecular flexibility index (Phi) is 1.52. The molecule has 9 heavy (non-hydrogen) atoms. The van der Waals surface area contributed by atoms with E-state index in [0.29, 0.717) is 11.6 Å². The van der Waals surface area contributed by atoms with Gasteiger partial charge in [0.05, 0.1) is 12.0 Å². The van der Waals surface area contributed by atoms with Gasteiger partial charge in [-0.25, -0.2) is 0 Å². The molecule has 0 aromatic carbocycles. The highest BCUT2D eigenvalue weighted by Crippen LogP contribution is 2.25. The van der Waals surface area contributed by atoms with Gasteiger partial charge in [0.1, 0.15) is 0 Å². The van der Waals surface area contributed by atoms with Gasteiger partial charge in [-0.15, -0.1) is 0 Å². The average Bonchev–Trinajstić information content (AvgIpc) is 2.15. The van der Waals surface area contributed by atoms with E-state index in [0.717, 1.165) is 12.8 Å². The quantitative estimate of drug-likeness (QED) is 0.521. The maximum atomic E-state index is 8.46. The number of nitriles is 1. The molecule has 1 fully saturated rings. The van der Waals surface area contributed by atoms with Gasteiger partial charge in [-0.1, -0.05) is 6.92 Å². The highest BCUT2D eigenvalue weighted by molar-refractivity contribution is 5.89. The van der Waals surface area contributed by atoms with E-state index in [1.54, 1.807) is 0 Å². The summed E-state index contributed by atoms with van der Waals surface area (Å²) in [7, 11) is 0. The molecule has 2 nitrogen and oxygen atoms in total. The number of nitrogens with one attached hydrogen (secondary N) is 1. The molecular weight excluding hydrogens is 112 g/mol. The number of hydrogen-bond donors (Lipinski definition) is 1. The largest absolute Gasteiger partial charge is 0.308 e. The number of hydrogen-bond acceptors (Lipinski definition) is 2. The summed E-state index contributed by atoms with van der Waals surface area (Å²) in [6.07, 6.45) is 1.92. The van der Waals surface area contributed by atoms with E-state index in [9.17, 15) is 0 Å². The van der Waals surface area contributed by atoms with Crippen LogP contribution < -0.4 is 0 Å². The summed E-state index contributed by atoms with van der Waals surface area (Å²) in [5.74, 6) is 0.287. The van der Waals surface area contributed by atoms with Crippen molar-refractivity contribution in [1.29, 1.82) is 10.7 Å². The van der Waals surface area contributed by atoms with Crippen LogP contribution in [0.1, 0.15) is 19.8 Å². The maximum Gasteiger partial charge on any atom is 0.0841 e. The molecule has 2 unspecified atom stereocenters. The zero-order valence-electron chi connectivity index (χ0n) is 5.52. The molecule has 0 saturated heterocycles. The Morgan fingerprint density at radius 2 is 2.33 bits per heavy atom. The molecule has 48 valence electrons. The molecular formula is C7H10N2. The van der Waals surface area contributed by atoms with Gasteiger partial charge in [0, 0.05) is 5.71 Å². The van der Waals surface area contributed by atoms with Gasteiger partial charge >= 0.3 is 0 Å². The van der Waals surface area contributed by atoms with Crippen LogP contribution in [-0.2, 0) is 0 Å². The van der Waals surface area contributed by atoms with Gasteiger partial charge in [-0.05, 0) is 18.8 Å². The molecule has 2 atom stereocenters. The fraction of sp³-hybridized carbons (Fsp3) is 0.714. The van der Waals surface area contributed by atoms with E-state index < -0.39 is 0 Å². The summed E-state index contributed by atoms with van der Waals surface area (Å²) < 4.78 is 0. The van der Waals surface area contributed by atoms with Crippen LogP contribution in [0.4, 0.5) is 0 Å². The smallest absolute Gasteiger partial charge is 0.0841 e. The van der Waals surface area contributed by atoms with Crippen molar-refractivity contribution in [3.8, 4) is 6.07 Å². The minimum Gasteiger partial charge on any atom is -0.308 e. The summed E-state index contributed by atoms with van der Waals surface area (Å²) in [6.45, 7) is 2.01. The lowest BCUT2D eigenvalue weighted by molar-refractivity contribution is 0.704. The lowest BCUT2D eigenvalue weighted by Crippen LogP contribution is -2.07. The summed E-state index contributed by atoms with van der Waals surface area (Å²) in [5, 5.41) is 15.9. The van der Waals surface area contributed by atoms with Crippen molar-refractivity contribution in [3.05, 3.63) is 0 Å². The highest BCUT2D eigenvalue weighted by Gasteiger charge is 2.26. The van der Waals surface area contributed by atoms with Crippen LogP contribution in [0.3, 0.4) is 0 Å². The predicted octanol–water partition coefficient (Wildman–Crippen LogP) is 1.58. The molecule has 1 N–H and O–H groups in total. The summed E-state index contributed by atoms with van der Waals surface area (Å²) in [4.78, 5) is 0. The first kappa shape index (κ1) is 6.28. The second-order valence-electron chi connectivity index (χ2n) is 2.62. The van der Waals surface area contributed by atoms with Gasteiger partial charge in [-0.3, -0.25) is 0 Å². The molecule has 1 aliphatic carbocycles. The molecule has 0 aromatic heterocycles. The van der Waals surface area contributed by atoms with Gasteiger partial charge in [0.2, 0.25) is 0 Å². The van der Waals surface area contributed by atoms with Gasteiger partial charge < -0.3 is 5.41 Å². The molecule has 1 rings (SSSR count). The van der Waals surface area contributed by atoms with Crippen LogP contribution in [0.2, 0.25) is 0 Å². The summed E-state index contributed by atoms with van der Waals surface area (Å²) in [5.41, 5.74) is 0.637. The fourth-order valence-electron chi connectivity index (χ4n) is 1.21. The van der Waals surface area contributed by atoms with Crippen molar-refractivity contribution >= 4 is 5.71 Å². The third kappa shape index (κ3) is 0.951. The zero-order chi connectivity index (χ0) is 6.85. The minimum atomic E-state index is -0.0694. The second-order valence-corrected chi connectivity index (χ2v) is 2.62. The Hall–Kier alpha value is -0.840. The average molecular weight is 122 g/mol. The predicted molar refractivity (Wildman–Crippen MR) is 35.2 cm³/mol. The Morgan fingerprint density at radius 1 is 1.67 bits per heavy atom. The van der Waals surface area contributed by atoms with Crippen LogP contribution in [0.15, 0.2) is 0 Å². The molecule has 0 amide bonds. The molecule has 0 radical (unpaired) electrons. The van der Waals surface area contributed by atoms with Crippen LogP contribution in [0.5, 0.6) is 0 Å². The Labute approximate surface area is 55.0 Å². The molecule has 0 spiro atoms. The number of rotatable bonds is 0. The first-order valence-corrected chi connectivity index (χ1v) is 3.23. The lowest BCUT2D eigenvalue weighted by Gasteiger charge is -1.99. The topological polar surface area (TPSA) is 47.6 Å². The second kappa shape index (κ2) is 2.18. The third-order valence-corrected chi connectivity index (χ3v) is 1.95. The molecule has 0 aliphatic heterocycles. The Bertz CT molecular complexity index is 166. The van der Waals surface area contributed by atoms with E-state index in [2.05, 4.69) is 6.07 Å². The molecule has 1 aliphatic rings. The summed E-state index contributed by atoms with van der Waals surface area (Å²) >= 11 is 0. The van der Waals surface area contributed by atoms with Gasteiger partial charge in [-0.2, -0.15) is 5.26 Å². The molecule has 2 heteroatoms. The van der Waals surface area contributed by atoms with E-state index in [1.807, 2.05) is 6.92 Å². The highest BCUT2D eigenvalue weighted by atomic mass is 14.5. The van der Waals surface area contributed by atoms with Gasteiger partial charge in [0.25, 0.3) is 0 Å². The van der Waals surface area contributed by atoms with Crippen LogP contribution in [0, 0.1) is 28.6 Å². The van der Waals surface area contributed by atoms with Crippen molar-refractivity contribution in [3.63, 3.8) is 0 Å². The van der Waals surface area contributed by atoms with Crippen molar-refractivity contribution in [1.82, 2.24) is 0 Å². The van der Waals surface area contributed by atoms with Crippen LogP contribution in [0.25, 0.3) is 0 Å². The molecule has 0 heterocycles. The summed E-state index contributed by atoms with van der Waals surface area (Å²) in [6, 6.07) is 2.12. The van der Waals surface area contributed by atoms with Crippen LogP contribution in [-0.4, -0.2) is 5.71 Å². The van der Waals surface area contributed by atoms with E-state index in [4.69, 9.17) is 10.7 Å². The molecule has 0 aromatic rings. The van der Waals surface area contributed by atoms with Crippen LogP contribution >= 0.6 is 0 Å². The number of nitrogens with zero attached hydrogens (tertiary/aromatic N) is 1. The molecule has 0 bridgehead atoms. The van der Waals surface area contributed by atoms with Crippen molar-refractivity contribution in [2.45, 2.75) is 19.8 Å². The minimum absolute atomic E-state index is 0.0694. The van der Waals surface area contributed by atoms with E-state index in [1.165, 1.54) is 0 Å². The van der Waals surface area contributed by atoms with Crippen molar-refractivity contribution in [2.24, 2.45) is 11.8 Å². The lowest BCUT2D eigenvalue weighted by atomic mass is 10.1. The van der Waals surface area contributed by atoms with Gasteiger partial charge in [0.15, 0.2) is 0 Å². The first-order valence-electron chi connectivity index (χ1n) is 3.23. The molecule has 1 saturated carbocycles. The van der Waals surface area contributed by atoms with Crippen molar-refractivity contribution < 1.29 is 0 Å². The zero-order valence-corrected chi connectivity index (χ0v) is 5.52. The third-order valence-electron chi connectivity index (χ3n) is 1.95. The Morgan fingerprint density at radius 3 is 2.56 bits per heavy atom. The monoisotopic (exact) mass is 122 g/mol. The van der Waals surface area contributed by atoms with Crippen molar-refractivity contribution in [2.75, 3.05) is 0 Å². The maximum absolute atomic E-state index is 8.46. The normalized spacial score (nSPS) is 34.4. The fourth-order valence-corrected chi connectivity index (χ4v) is 1.21. The Balaban J connectivity index is 2.65. The SMILES string of the molecule is CC1CCC(C#N)C1=N. The van der Waals surface area contributed by atoms with E-state index in [-0.39, 0.29) is 5.92 Å². The first-order chi connectivity index (χ1) is 4.25. The standard InChI is InChI=1S/C7H10N2/c1-5-2-3-6(4-8)7(5)9/h5-6,9H,2-3H2,1H3.